The number of benzene rings is 2. The predicted molar refractivity (Wildman–Crippen MR) is 119 cm³/mol. The number of hydrogen-bond donors (Lipinski definition) is 1. The molecule has 158 valence electrons. The number of anilines is 1. The summed E-state index contributed by atoms with van der Waals surface area (Å²) in [5, 5.41) is 4.06. The Morgan fingerprint density at radius 3 is 2.43 bits per heavy atom. The lowest BCUT2D eigenvalue weighted by atomic mass is 9.87. The van der Waals surface area contributed by atoms with Gasteiger partial charge < -0.3 is 9.64 Å². The highest BCUT2D eigenvalue weighted by atomic mass is 16.5. The molecule has 1 atom stereocenters. The van der Waals surface area contributed by atoms with Gasteiger partial charge in [0.15, 0.2) is 0 Å². The third-order valence-corrected chi connectivity index (χ3v) is 5.12. The SMILES string of the molecule is CCOc1ccc(N2C[C@H](C(=O)N/N=C\c3ccc(C(C)(C)C)cc3)CC2=O)cc1. The number of amides is 2. The van der Waals surface area contributed by atoms with E-state index < -0.39 is 5.92 Å². The molecule has 0 saturated carbocycles. The van der Waals surface area contributed by atoms with Gasteiger partial charge in [-0.1, -0.05) is 45.0 Å². The number of ether oxygens (including phenoxy) is 1. The Balaban J connectivity index is 1.56. The molecule has 2 aromatic carbocycles. The van der Waals surface area contributed by atoms with Crippen LogP contribution in [0.5, 0.6) is 5.75 Å². The van der Waals surface area contributed by atoms with Gasteiger partial charge in [0.1, 0.15) is 5.75 Å². The van der Waals surface area contributed by atoms with E-state index in [1.165, 1.54) is 5.56 Å². The van der Waals surface area contributed by atoms with Crippen molar-refractivity contribution in [3.05, 3.63) is 59.7 Å². The lowest BCUT2D eigenvalue weighted by molar-refractivity contribution is -0.126. The maximum absolute atomic E-state index is 12.5. The van der Waals surface area contributed by atoms with Crippen molar-refractivity contribution in [1.29, 1.82) is 0 Å². The number of hydrogen-bond acceptors (Lipinski definition) is 4. The van der Waals surface area contributed by atoms with E-state index in [9.17, 15) is 9.59 Å². The van der Waals surface area contributed by atoms with E-state index in [0.29, 0.717) is 13.2 Å². The largest absolute Gasteiger partial charge is 0.494 e. The zero-order chi connectivity index (χ0) is 21.7. The lowest BCUT2D eigenvalue weighted by Gasteiger charge is -2.18. The summed E-state index contributed by atoms with van der Waals surface area (Å²) in [6.07, 6.45) is 1.79. The van der Waals surface area contributed by atoms with Crippen LogP contribution in [0.3, 0.4) is 0 Å². The molecule has 0 unspecified atom stereocenters. The summed E-state index contributed by atoms with van der Waals surface area (Å²) < 4.78 is 5.43. The maximum Gasteiger partial charge on any atom is 0.245 e. The average Bonchev–Trinajstić information content (AvgIpc) is 3.10. The summed E-state index contributed by atoms with van der Waals surface area (Å²) in [4.78, 5) is 26.5. The first-order chi connectivity index (χ1) is 14.3. The zero-order valence-electron chi connectivity index (χ0n) is 18.0. The second kappa shape index (κ2) is 9.11. The molecule has 1 saturated heterocycles. The van der Waals surface area contributed by atoms with Gasteiger partial charge in [0.2, 0.25) is 11.8 Å². The number of carbonyl (C=O) groups excluding carboxylic acids is 2. The Morgan fingerprint density at radius 2 is 1.83 bits per heavy atom. The van der Waals surface area contributed by atoms with Crippen LogP contribution in [0.2, 0.25) is 0 Å². The van der Waals surface area contributed by atoms with Gasteiger partial charge in [-0.05, 0) is 47.7 Å². The molecular formula is C24H29N3O3. The summed E-state index contributed by atoms with van der Waals surface area (Å²) in [6, 6.07) is 15.4. The molecule has 1 N–H and O–H groups in total. The Bertz CT molecular complexity index is 912. The molecule has 1 aliphatic heterocycles. The first-order valence-electron chi connectivity index (χ1n) is 10.2. The molecule has 1 heterocycles. The van der Waals surface area contributed by atoms with Gasteiger partial charge in [0.05, 0.1) is 18.7 Å². The predicted octanol–water partition coefficient (Wildman–Crippen LogP) is 3.89. The van der Waals surface area contributed by atoms with Gasteiger partial charge in [0, 0.05) is 18.7 Å². The standard InChI is InChI=1S/C24H29N3O3/c1-5-30-21-12-10-20(11-13-21)27-16-18(14-22(27)28)23(29)26-25-15-17-6-8-19(9-7-17)24(2,3)4/h6-13,15,18H,5,14,16H2,1-4H3,(H,26,29)/b25-15-/t18-/m1/s1. The maximum atomic E-state index is 12.5. The van der Waals surface area contributed by atoms with E-state index in [1.807, 2.05) is 43.3 Å². The highest BCUT2D eigenvalue weighted by Gasteiger charge is 2.35. The summed E-state index contributed by atoms with van der Waals surface area (Å²) in [5.74, 6) is 0.0111. The Kier molecular flexibility index (Phi) is 6.55. The highest BCUT2D eigenvalue weighted by Crippen LogP contribution is 2.27. The second-order valence-corrected chi connectivity index (χ2v) is 8.44. The van der Waals surface area contributed by atoms with Gasteiger partial charge in [-0.25, -0.2) is 5.43 Å². The van der Waals surface area contributed by atoms with Crippen LogP contribution in [-0.4, -0.2) is 31.2 Å². The molecule has 6 heteroatoms. The van der Waals surface area contributed by atoms with Gasteiger partial charge in [0.25, 0.3) is 0 Å². The van der Waals surface area contributed by atoms with Crippen molar-refractivity contribution < 1.29 is 14.3 Å². The normalized spacial score (nSPS) is 16.9. The molecule has 1 fully saturated rings. The number of carbonyl (C=O) groups is 2. The fraction of sp³-hybridized carbons (Fsp3) is 0.375. The molecule has 0 radical (unpaired) electrons. The van der Waals surface area contributed by atoms with Gasteiger partial charge in [-0.3, -0.25) is 9.59 Å². The molecule has 6 nitrogen and oxygen atoms in total. The van der Waals surface area contributed by atoms with Crippen molar-refractivity contribution in [2.75, 3.05) is 18.1 Å². The van der Waals surface area contributed by atoms with E-state index in [0.717, 1.165) is 17.0 Å². The summed E-state index contributed by atoms with van der Waals surface area (Å²) in [6.45, 7) is 9.34. The summed E-state index contributed by atoms with van der Waals surface area (Å²) in [7, 11) is 0. The van der Waals surface area contributed by atoms with Crippen LogP contribution >= 0.6 is 0 Å². The topological polar surface area (TPSA) is 71.0 Å². The minimum absolute atomic E-state index is 0.0685. The van der Waals surface area contributed by atoms with Crippen molar-refractivity contribution in [1.82, 2.24) is 5.43 Å². The molecule has 30 heavy (non-hydrogen) atoms. The van der Waals surface area contributed by atoms with E-state index >= 15 is 0 Å². The third kappa shape index (κ3) is 5.26. The summed E-state index contributed by atoms with van der Waals surface area (Å²) in [5.41, 5.74) is 5.57. The van der Waals surface area contributed by atoms with E-state index in [4.69, 9.17) is 4.74 Å². The molecule has 2 aromatic rings. The van der Waals surface area contributed by atoms with E-state index in [2.05, 4.69) is 43.4 Å². The number of nitrogens with zero attached hydrogens (tertiary/aromatic N) is 2. The van der Waals surface area contributed by atoms with Crippen LogP contribution in [0.1, 0.15) is 45.2 Å². The third-order valence-electron chi connectivity index (χ3n) is 5.12. The first-order valence-corrected chi connectivity index (χ1v) is 10.2. The van der Waals surface area contributed by atoms with Crippen LogP contribution in [-0.2, 0) is 15.0 Å². The van der Waals surface area contributed by atoms with E-state index in [1.54, 1.807) is 11.1 Å². The fourth-order valence-electron chi connectivity index (χ4n) is 3.35. The minimum atomic E-state index is -0.426. The molecule has 1 aliphatic rings. The molecule has 0 spiro atoms. The number of hydrazone groups is 1. The molecule has 2 amide bonds. The molecule has 0 aromatic heterocycles. The van der Waals surface area contributed by atoms with Gasteiger partial charge >= 0.3 is 0 Å². The summed E-state index contributed by atoms with van der Waals surface area (Å²) >= 11 is 0. The van der Waals surface area contributed by atoms with Gasteiger partial charge in [-0.15, -0.1) is 0 Å². The highest BCUT2D eigenvalue weighted by molar-refractivity contribution is 6.00. The van der Waals surface area contributed by atoms with Crippen molar-refractivity contribution in [2.24, 2.45) is 11.0 Å². The van der Waals surface area contributed by atoms with Crippen LogP contribution in [0.4, 0.5) is 5.69 Å². The number of nitrogens with one attached hydrogen (secondary N) is 1. The minimum Gasteiger partial charge on any atom is -0.494 e. The molecule has 0 bridgehead atoms. The van der Waals surface area contributed by atoms with Crippen molar-refractivity contribution in [2.45, 2.75) is 39.5 Å². The zero-order valence-corrected chi connectivity index (χ0v) is 18.0. The van der Waals surface area contributed by atoms with Crippen LogP contribution in [0, 0.1) is 5.92 Å². The Morgan fingerprint density at radius 1 is 1.17 bits per heavy atom. The Labute approximate surface area is 177 Å². The molecule has 0 aliphatic carbocycles. The van der Waals surface area contributed by atoms with Gasteiger partial charge in [-0.2, -0.15) is 5.10 Å². The van der Waals surface area contributed by atoms with Crippen molar-refractivity contribution in [3.8, 4) is 5.75 Å². The van der Waals surface area contributed by atoms with Crippen LogP contribution < -0.4 is 15.1 Å². The smallest absolute Gasteiger partial charge is 0.245 e. The fourth-order valence-corrected chi connectivity index (χ4v) is 3.35. The van der Waals surface area contributed by atoms with Crippen LogP contribution in [0.15, 0.2) is 53.6 Å². The van der Waals surface area contributed by atoms with Crippen molar-refractivity contribution >= 4 is 23.7 Å². The quantitative estimate of drug-likeness (QED) is 0.583. The second-order valence-electron chi connectivity index (χ2n) is 8.44. The Hall–Kier alpha value is -3.15. The lowest BCUT2D eigenvalue weighted by Crippen LogP contribution is -2.30. The van der Waals surface area contributed by atoms with Crippen molar-refractivity contribution in [3.63, 3.8) is 0 Å². The molecular weight excluding hydrogens is 378 g/mol. The average molecular weight is 408 g/mol. The molecule has 3 rings (SSSR count). The van der Waals surface area contributed by atoms with Crippen LogP contribution in [0.25, 0.3) is 0 Å². The number of rotatable bonds is 6. The first kappa shape index (κ1) is 21.6. The van der Waals surface area contributed by atoms with E-state index in [-0.39, 0.29) is 23.7 Å². The monoisotopic (exact) mass is 407 g/mol.